The van der Waals surface area contributed by atoms with E-state index >= 15 is 0 Å². The quantitative estimate of drug-likeness (QED) is 0.479. The predicted octanol–water partition coefficient (Wildman–Crippen LogP) is 2.46. The molecule has 0 aromatic heterocycles. The Morgan fingerprint density at radius 2 is 1.81 bits per heavy atom. The summed E-state index contributed by atoms with van der Waals surface area (Å²) in [6.45, 7) is 0.724. The van der Waals surface area contributed by atoms with Gasteiger partial charge in [-0.15, -0.1) is 0 Å². The molecule has 7 heteroatoms. The molecule has 1 atom stereocenters. The predicted molar refractivity (Wildman–Crippen MR) is 100 cm³/mol. The van der Waals surface area contributed by atoms with Crippen LogP contribution in [0, 0.1) is 0 Å². The number of carbonyl (C=O) groups excluding carboxylic acids is 1. The van der Waals surface area contributed by atoms with Crippen molar-refractivity contribution in [3.8, 4) is 5.75 Å². The molecular weight excluding hydrogens is 348 g/mol. The molecular formula is C20H24N2O5. The van der Waals surface area contributed by atoms with Crippen molar-refractivity contribution < 1.29 is 24.5 Å². The molecule has 2 amide bonds. The van der Waals surface area contributed by atoms with Crippen LogP contribution in [-0.4, -0.2) is 35.3 Å². The van der Waals surface area contributed by atoms with Crippen molar-refractivity contribution in [3.05, 3.63) is 65.7 Å². The molecule has 0 saturated carbocycles. The summed E-state index contributed by atoms with van der Waals surface area (Å²) in [6, 6.07) is 16.4. The molecule has 2 rings (SSSR count). The molecule has 0 bridgehead atoms. The van der Waals surface area contributed by atoms with Gasteiger partial charge in [-0.25, -0.2) is 4.79 Å². The highest BCUT2D eigenvalue weighted by Crippen LogP contribution is 2.20. The molecule has 1 unspecified atom stereocenters. The molecule has 0 aliphatic carbocycles. The van der Waals surface area contributed by atoms with Crippen molar-refractivity contribution in [2.45, 2.75) is 25.6 Å². The SMILES string of the molecule is O=C(O)CCCNC(=O)NCC(O)c1cccc(OCc2ccccc2)c1. The Labute approximate surface area is 158 Å². The molecule has 0 aliphatic heterocycles. The lowest BCUT2D eigenvalue weighted by molar-refractivity contribution is -0.137. The highest BCUT2D eigenvalue weighted by Gasteiger charge is 2.10. The van der Waals surface area contributed by atoms with Crippen LogP contribution >= 0.6 is 0 Å². The Hall–Kier alpha value is -3.06. The maximum absolute atomic E-state index is 11.6. The van der Waals surface area contributed by atoms with Gasteiger partial charge in [0, 0.05) is 19.5 Å². The summed E-state index contributed by atoms with van der Waals surface area (Å²) in [6.07, 6.45) is -0.528. The molecule has 0 aliphatic rings. The van der Waals surface area contributed by atoms with Crippen LogP contribution in [0.1, 0.15) is 30.1 Å². The van der Waals surface area contributed by atoms with E-state index in [1.807, 2.05) is 36.4 Å². The van der Waals surface area contributed by atoms with Crippen molar-refractivity contribution in [2.75, 3.05) is 13.1 Å². The number of aliphatic hydroxyl groups excluding tert-OH is 1. The zero-order valence-electron chi connectivity index (χ0n) is 14.9. The first-order valence-electron chi connectivity index (χ1n) is 8.73. The number of hydrogen-bond donors (Lipinski definition) is 4. The third-order valence-corrected chi connectivity index (χ3v) is 3.80. The minimum Gasteiger partial charge on any atom is -0.489 e. The fraction of sp³-hybridized carbons (Fsp3) is 0.300. The lowest BCUT2D eigenvalue weighted by atomic mass is 10.1. The van der Waals surface area contributed by atoms with E-state index < -0.39 is 18.1 Å². The van der Waals surface area contributed by atoms with E-state index in [1.165, 1.54) is 0 Å². The maximum Gasteiger partial charge on any atom is 0.314 e. The van der Waals surface area contributed by atoms with Gasteiger partial charge < -0.3 is 25.6 Å². The molecule has 0 fully saturated rings. The Balaban J connectivity index is 1.76. The molecule has 0 radical (unpaired) electrons. The molecule has 2 aromatic carbocycles. The van der Waals surface area contributed by atoms with Crippen LogP contribution in [0.2, 0.25) is 0 Å². The van der Waals surface area contributed by atoms with Crippen LogP contribution in [0.4, 0.5) is 4.79 Å². The number of carboxylic acids is 1. The number of hydrogen-bond acceptors (Lipinski definition) is 4. The zero-order valence-corrected chi connectivity index (χ0v) is 14.9. The lowest BCUT2D eigenvalue weighted by Crippen LogP contribution is -2.38. The van der Waals surface area contributed by atoms with E-state index in [9.17, 15) is 14.7 Å². The van der Waals surface area contributed by atoms with E-state index in [2.05, 4.69) is 10.6 Å². The van der Waals surface area contributed by atoms with Crippen LogP contribution in [0.15, 0.2) is 54.6 Å². The van der Waals surface area contributed by atoms with Crippen LogP contribution in [0.25, 0.3) is 0 Å². The van der Waals surface area contributed by atoms with Crippen molar-refractivity contribution in [2.24, 2.45) is 0 Å². The van der Waals surface area contributed by atoms with Crippen molar-refractivity contribution in [1.82, 2.24) is 10.6 Å². The van der Waals surface area contributed by atoms with E-state index in [-0.39, 0.29) is 19.5 Å². The highest BCUT2D eigenvalue weighted by atomic mass is 16.5. The number of benzene rings is 2. The third-order valence-electron chi connectivity index (χ3n) is 3.80. The fourth-order valence-electron chi connectivity index (χ4n) is 2.36. The number of nitrogens with one attached hydrogen (secondary N) is 2. The maximum atomic E-state index is 11.6. The summed E-state index contributed by atoms with van der Waals surface area (Å²) in [5.41, 5.74) is 1.68. The molecule has 144 valence electrons. The molecule has 0 saturated heterocycles. The summed E-state index contributed by atoms with van der Waals surface area (Å²) >= 11 is 0. The van der Waals surface area contributed by atoms with Gasteiger partial charge in [0.15, 0.2) is 0 Å². The molecule has 0 heterocycles. The zero-order chi connectivity index (χ0) is 19.5. The number of ether oxygens (including phenoxy) is 1. The van der Waals surface area contributed by atoms with Crippen LogP contribution in [0.3, 0.4) is 0 Å². The first-order chi connectivity index (χ1) is 13.0. The number of urea groups is 1. The number of carbonyl (C=O) groups is 2. The van der Waals surface area contributed by atoms with E-state index in [1.54, 1.807) is 18.2 Å². The first-order valence-corrected chi connectivity index (χ1v) is 8.73. The number of rotatable bonds is 10. The highest BCUT2D eigenvalue weighted by molar-refractivity contribution is 5.74. The summed E-state index contributed by atoms with van der Waals surface area (Å²) in [7, 11) is 0. The minimum atomic E-state index is -0.901. The second-order valence-corrected chi connectivity index (χ2v) is 6.00. The van der Waals surface area contributed by atoms with Gasteiger partial charge in [-0.2, -0.15) is 0 Å². The largest absolute Gasteiger partial charge is 0.489 e. The van der Waals surface area contributed by atoms with Crippen molar-refractivity contribution in [1.29, 1.82) is 0 Å². The number of amides is 2. The van der Waals surface area contributed by atoms with Crippen LogP contribution in [-0.2, 0) is 11.4 Å². The molecule has 4 N–H and O–H groups in total. The summed E-state index contributed by atoms with van der Waals surface area (Å²) in [5, 5.41) is 23.9. The van der Waals surface area contributed by atoms with Gasteiger partial charge in [-0.05, 0) is 29.7 Å². The third kappa shape index (κ3) is 7.79. The first kappa shape index (κ1) is 20.3. The Bertz CT molecular complexity index is 736. The normalized spacial score (nSPS) is 11.4. The van der Waals surface area contributed by atoms with E-state index in [0.717, 1.165) is 5.56 Å². The Morgan fingerprint density at radius 3 is 2.56 bits per heavy atom. The molecule has 2 aromatic rings. The molecule has 0 spiro atoms. The van der Waals surface area contributed by atoms with Crippen molar-refractivity contribution in [3.63, 3.8) is 0 Å². The number of aliphatic carboxylic acids is 1. The fourth-order valence-corrected chi connectivity index (χ4v) is 2.36. The molecule has 7 nitrogen and oxygen atoms in total. The van der Waals surface area contributed by atoms with E-state index in [0.29, 0.717) is 24.3 Å². The smallest absolute Gasteiger partial charge is 0.314 e. The average molecular weight is 372 g/mol. The van der Waals surface area contributed by atoms with Crippen molar-refractivity contribution >= 4 is 12.0 Å². The summed E-state index contributed by atoms with van der Waals surface area (Å²) in [4.78, 5) is 22.0. The molecule has 27 heavy (non-hydrogen) atoms. The Morgan fingerprint density at radius 1 is 1.04 bits per heavy atom. The van der Waals surface area contributed by atoms with Gasteiger partial charge in [-0.3, -0.25) is 4.79 Å². The Kier molecular flexibility index (Phi) is 8.12. The average Bonchev–Trinajstić information content (AvgIpc) is 2.68. The van der Waals surface area contributed by atoms with Gasteiger partial charge in [0.1, 0.15) is 12.4 Å². The van der Waals surface area contributed by atoms with Gasteiger partial charge >= 0.3 is 12.0 Å². The minimum absolute atomic E-state index is 0.00131. The topological polar surface area (TPSA) is 108 Å². The van der Waals surface area contributed by atoms with Gasteiger partial charge in [0.05, 0.1) is 6.10 Å². The standard InChI is InChI=1S/C20H24N2O5/c23-18(13-22-20(26)21-11-5-10-19(24)25)16-8-4-9-17(12-16)27-14-15-6-2-1-3-7-15/h1-4,6-9,12,18,23H,5,10-11,13-14H2,(H,24,25)(H2,21,22,26). The van der Waals surface area contributed by atoms with Crippen LogP contribution in [0.5, 0.6) is 5.75 Å². The monoisotopic (exact) mass is 372 g/mol. The van der Waals surface area contributed by atoms with Crippen LogP contribution < -0.4 is 15.4 Å². The van der Waals surface area contributed by atoms with Gasteiger partial charge in [0.25, 0.3) is 0 Å². The lowest BCUT2D eigenvalue weighted by Gasteiger charge is -2.14. The second-order valence-electron chi connectivity index (χ2n) is 6.00. The van der Waals surface area contributed by atoms with Gasteiger partial charge in [0.2, 0.25) is 0 Å². The summed E-state index contributed by atoms with van der Waals surface area (Å²) < 4.78 is 5.73. The number of aliphatic hydroxyl groups is 1. The second kappa shape index (κ2) is 10.8. The number of carboxylic acid groups (broad SMARTS) is 1. The van der Waals surface area contributed by atoms with E-state index in [4.69, 9.17) is 9.84 Å². The van der Waals surface area contributed by atoms with Gasteiger partial charge in [-0.1, -0.05) is 42.5 Å². The summed E-state index contributed by atoms with van der Waals surface area (Å²) in [5.74, 6) is -0.268.